The van der Waals surface area contributed by atoms with Gasteiger partial charge in [0.2, 0.25) is 5.88 Å². The summed E-state index contributed by atoms with van der Waals surface area (Å²) >= 11 is -2.31. The quantitative estimate of drug-likeness (QED) is 0.236. The maximum Gasteiger partial charge on any atom is 0.326 e. The number of aryl methyl sites for hydroxylation is 1. The molecule has 43 heavy (non-hydrogen) atoms. The number of hydrogen-bond donors (Lipinski definition) is 2. The second-order valence-corrected chi connectivity index (χ2v) is 11.0. The number of carbonyl (C=O) groups excluding carboxylic acids is 1. The molecule has 3 heterocycles. The van der Waals surface area contributed by atoms with Crippen molar-refractivity contribution in [2.75, 3.05) is 23.3 Å². The van der Waals surface area contributed by atoms with Gasteiger partial charge in [-0.15, -0.1) is 0 Å². The van der Waals surface area contributed by atoms with Gasteiger partial charge in [-0.2, -0.15) is 0 Å². The maximum atomic E-state index is 14.1. The summed E-state index contributed by atoms with van der Waals surface area (Å²) in [5, 5.41) is 2.91. The molecule has 1 fully saturated rings. The molecule has 224 valence electrons. The number of urea groups is 1. The largest absolute Gasteiger partial charge is 0.760 e. The summed E-state index contributed by atoms with van der Waals surface area (Å²) in [7, 11) is 0. The predicted molar refractivity (Wildman–Crippen MR) is 162 cm³/mol. The maximum absolute atomic E-state index is 14.1. The molecule has 1 atom stereocenters. The summed E-state index contributed by atoms with van der Waals surface area (Å²) in [5.74, 6) is 0.656. The van der Waals surface area contributed by atoms with Gasteiger partial charge < -0.3 is 14.6 Å². The van der Waals surface area contributed by atoms with Gasteiger partial charge in [0.15, 0.2) is 0 Å². The molecule has 0 saturated carbocycles. The molecule has 10 nitrogen and oxygen atoms in total. The van der Waals surface area contributed by atoms with Gasteiger partial charge in [0.25, 0.3) is 0 Å². The number of amides is 2. The Morgan fingerprint density at radius 3 is 2.47 bits per heavy atom. The lowest BCUT2D eigenvalue weighted by atomic mass is 10.0. The lowest BCUT2D eigenvalue weighted by Gasteiger charge is -2.38. The predicted octanol–water partition coefficient (Wildman–Crippen LogP) is 5.30. The standard InChI is InChI=1S/C31H33FN6O4S/c1-22-5-9-26(20-33-22)36-31(39)38(28-4-2-3-25(32)17-28)27-13-15-37(16-14-27)21-24-8-12-30(34-18-24)42-29-10-6-23(7-11-29)19-35-43(40)41/h2-12,17-18,20,27,35H,13-16,19,21H2,1H3,(H,36,39)(H,40,41)/p-1. The summed E-state index contributed by atoms with van der Waals surface area (Å²) in [4.78, 5) is 26.1. The minimum atomic E-state index is -2.31. The molecule has 1 unspecified atom stereocenters. The molecule has 2 aromatic heterocycles. The van der Waals surface area contributed by atoms with Crippen LogP contribution in [-0.2, 0) is 24.4 Å². The molecular weight excluding hydrogens is 571 g/mol. The first-order valence-electron chi connectivity index (χ1n) is 13.9. The Labute approximate surface area is 252 Å². The van der Waals surface area contributed by atoms with Gasteiger partial charge in [0.05, 0.1) is 11.9 Å². The smallest absolute Gasteiger partial charge is 0.326 e. The molecule has 0 radical (unpaired) electrons. The van der Waals surface area contributed by atoms with Crippen LogP contribution in [0.4, 0.5) is 20.6 Å². The Kier molecular flexibility index (Phi) is 10.1. The Morgan fingerprint density at radius 1 is 1.05 bits per heavy atom. The molecule has 0 bridgehead atoms. The van der Waals surface area contributed by atoms with E-state index in [9.17, 15) is 17.9 Å². The highest BCUT2D eigenvalue weighted by Gasteiger charge is 2.30. The number of nitrogens with one attached hydrogen (secondary N) is 2. The number of likely N-dealkylation sites (tertiary alicyclic amines) is 1. The number of anilines is 2. The van der Waals surface area contributed by atoms with Crippen molar-refractivity contribution >= 4 is 28.7 Å². The van der Waals surface area contributed by atoms with Crippen molar-refractivity contribution in [1.29, 1.82) is 0 Å². The van der Waals surface area contributed by atoms with Gasteiger partial charge in [-0.25, -0.2) is 18.9 Å². The highest BCUT2D eigenvalue weighted by molar-refractivity contribution is 7.77. The average molecular weight is 604 g/mol. The number of halogens is 1. The molecule has 4 aromatic rings. The summed E-state index contributed by atoms with van der Waals surface area (Å²) in [6.07, 6.45) is 4.84. The highest BCUT2D eigenvalue weighted by Crippen LogP contribution is 2.27. The zero-order chi connectivity index (χ0) is 30.2. The number of ether oxygens (including phenoxy) is 1. The Bertz CT molecular complexity index is 1530. The van der Waals surface area contributed by atoms with Gasteiger partial charge in [-0.05, 0) is 73.4 Å². The van der Waals surface area contributed by atoms with Gasteiger partial charge in [-0.3, -0.25) is 19.0 Å². The normalized spacial score (nSPS) is 14.7. The minimum absolute atomic E-state index is 0.102. The third kappa shape index (κ3) is 8.64. The Morgan fingerprint density at radius 2 is 1.81 bits per heavy atom. The molecule has 2 N–H and O–H groups in total. The fourth-order valence-electron chi connectivity index (χ4n) is 4.94. The van der Waals surface area contributed by atoms with Crippen molar-refractivity contribution < 1.29 is 22.7 Å². The van der Waals surface area contributed by atoms with E-state index in [4.69, 9.17) is 4.74 Å². The van der Waals surface area contributed by atoms with Crippen LogP contribution >= 0.6 is 0 Å². The van der Waals surface area contributed by atoms with Gasteiger partial charge >= 0.3 is 6.03 Å². The van der Waals surface area contributed by atoms with E-state index in [1.165, 1.54) is 12.1 Å². The van der Waals surface area contributed by atoms with Crippen molar-refractivity contribution in [1.82, 2.24) is 19.6 Å². The first-order chi connectivity index (χ1) is 20.8. The molecule has 0 spiro atoms. The van der Waals surface area contributed by atoms with Crippen LogP contribution in [0.5, 0.6) is 11.6 Å². The number of carbonyl (C=O) groups is 1. The van der Waals surface area contributed by atoms with E-state index >= 15 is 0 Å². The summed E-state index contributed by atoms with van der Waals surface area (Å²) in [6, 6.07) is 20.2. The third-order valence-corrected chi connectivity index (χ3v) is 7.51. The first-order valence-corrected chi connectivity index (χ1v) is 15.0. The lowest BCUT2D eigenvalue weighted by Crippen LogP contribution is -2.49. The summed E-state index contributed by atoms with van der Waals surface area (Å²) in [6.45, 7) is 4.30. The van der Waals surface area contributed by atoms with Crippen LogP contribution in [0, 0.1) is 12.7 Å². The van der Waals surface area contributed by atoms with Crippen LogP contribution in [0.3, 0.4) is 0 Å². The third-order valence-electron chi connectivity index (χ3n) is 7.13. The number of piperidine rings is 1. The van der Waals surface area contributed by atoms with Crippen LogP contribution in [0.15, 0.2) is 85.2 Å². The second kappa shape index (κ2) is 14.3. The molecule has 5 rings (SSSR count). The van der Waals surface area contributed by atoms with E-state index < -0.39 is 17.1 Å². The fraction of sp³-hybridized carbons (Fsp3) is 0.258. The van der Waals surface area contributed by atoms with Crippen LogP contribution in [0.25, 0.3) is 0 Å². The Hall–Kier alpha value is -4.23. The molecule has 2 aromatic carbocycles. The van der Waals surface area contributed by atoms with Gasteiger partial charge in [0, 0.05) is 67.1 Å². The summed E-state index contributed by atoms with van der Waals surface area (Å²) in [5.41, 5.74) is 3.79. The van der Waals surface area contributed by atoms with E-state index in [0.717, 1.165) is 42.8 Å². The van der Waals surface area contributed by atoms with Crippen LogP contribution in [0.2, 0.25) is 0 Å². The fourth-order valence-corrected chi connectivity index (χ4v) is 5.23. The topological polar surface area (TPSA) is 123 Å². The molecular formula is C31H32FN6O4S-. The van der Waals surface area contributed by atoms with Crippen molar-refractivity contribution in [3.63, 3.8) is 0 Å². The number of pyridine rings is 2. The van der Waals surface area contributed by atoms with Crippen molar-refractivity contribution in [2.24, 2.45) is 0 Å². The average Bonchev–Trinajstić information content (AvgIpc) is 3.00. The molecule has 1 aliphatic rings. The lowest BCUT2D eigenvalue weighted by molar-refractivity contribution is 0.199. The van der Waals surface area contributed by atoms with Crippen LogP contribution in [-0.4, -0.2) is 48.8 Å². The van der Waals surface area contributed by atoms with E-state index in [1.807, 2.05) is 25.1 Å². The molecule has 1 aliphatic heterocycles. The number of rotatable bonds is 10. The SMILES string of the molecule is Cc1ccc(NC(=O)N(c2cccc(F)c2)C2CCN(Cc3ccc(Oc4ccc(CNS(=O)[O-])cc4)nc3)CC2)cn1. The molecule has 0 aliphatic carbocycles. The zero-order valence-corrected chi connectivity index (χ0v) is 24.4. The monoisotopic (exact) mass is 603 g/mol. The van der Waals surface area contributed by atoms with Crippen LogP contribution in [0.1, 0.15) is 29.7 Å². The number of hydrogen-bond acceptors (Lipinski definition) is 7. The van der Waals surface area contributed by atoms with Crippen molar-refractivity contribution in [3.05, 3.63) is 108 Å². The first kappa shape index (κ1) is 30.2. The van der Waals surface area contributed by atoms with Crippen molar-refractivity contribution in [3.8, 4) is 11.6 Å². The molecule has 2 amide bonds. The van der Waals surface area contributed by atoms with E-state index in [1.54, 1.807) is 59.8 Å². The number of benzene rings is 2. The summed E-state index contributed by atoms with van der Waals surface area (Å²) < 4.78 is 43.6. The number of nitrogens with zero attached hydrogens (tertiary/aromatic N) is 4. The second-order valence-electron chi connectivity index (χ2n) is 10.3. The zero-order valence-electron chi connectivity index (χ0n) is 23.6. The van der Waals surface area contributed by atoms with Crippen LogP contribution < -0.4 is 19.7 Å². The highest BCUT2D eigenvalue weighted by atomic mass is 32.2. The number of aromatic nitrogens is 2. The minimum Gasteiger partial charge on any atom is -0.760 e. The van der Waals surface area contributed by atoms with Gasteiger partial charge in [0.1, 0.15) is 11.6 Å². The van der Waals surface area contributed by atoms with Crippen molar-refractivity contribution in [2.45, 2.75) is 38.9 Å². The molecule has 12 heteroatoms. The van der Waals surface area contributed by atoms with E-state index in [0.29, 0.717) is 29.5 Å². The van der Waals surface area contributed by atoms with E-state index in [-0.39, 0.29) is 18.6 Å². The Balaban J connectivity index is 1.16. The molecule has 1 saturated heterocycles. The van der Waals surface area contributed by atoms with Gasteiger partial charge in [-0.1, -0.05) is 24.3 Å². The van der Waals surface area contributed by atoms with E-state index in [2.05, 4.69) is 24.9 Å².